The number of aliphatic carboxylic acids is 1. The lowest BCUT2D eigenvalue weighted by Crippen LogP contribution is -2.43. The first-order chi connectivity index (χ1) is 31.6. The van der Waals surface area contributed by atoms with Gasteiger partial charge in [-0.1, -0.05) is 224 Å². The normalized spacial score (nSPS) is 13.8. The number of rotatable bonds is 50. The van der Waals surface area contributed by atoms with Crippen LogP contribution in [-0.2, 0) is 32.7 Å². The Hall–Kier alpha value is -2.30. The molecule has 4 N–H and O–H groups in total. The Bertz CT molecular complexity index is 1240. The summed E-state index contributed by atoms with van der Waals surface area (Å²) in [4.78, 5) is 46.1. The highest BCUT2D eigenvalue weighted by Gasteiger charge is 2.28. The van der Waals surface area contributed by atoms with Crippen molar-refractivity contribution in [3.05, 3.63) is 36.5 Å². The molecule has 0 bridgehead atoms. The lowest BCUT2D eigenvalue weighted by molar-refractivity contribution is -0.147. The number of carbonyl (C=O) groups is 3. The number of unbranched alkanes of at least 4 members (excludes halogenated alkanes) is 30. The quantitative estimate of drug-likeness (QED) is 0.0199. The lowest BCUT2D eigenvalue weighted by atomic mass is 10.0. The van der Waals surface area contributed by atoms with Gasteiger partial charge in [-0.2, -0.15) is 0 Å². The number of phosphoric acid groups is 1. The number of ether oxygens (including phenoxy) is 1. The lowest BCUT2D eigenvalue weighted by Gasteiger charge is -2.18. The molecule has 0 aromatic heterocycles. The van der Waals surface area contributed by atoms with Crippen LogP contribution in [0, 0.1) is 0 Å². The minimum atomic E-state index is -4.77. The minimum absolute atomic E-state index is 0.131. The first-order valence-corrected chi connectivity index (χ1v) is 28.0. The fraction of sp³-hybridized carbons (Fsp3) is 0.830. The van der Waals surface area contributed by atoms with E-state index in [1.165, 1.54) is 141 Å². The zero-order valence-corrected chi connectivity index (χ0v) is 42.4. The number of aliphatic hydroxyl groups is 1. The second kappa shape index (κ2) is 48.2. The van der Waals surface area contributed by atoms with E-state index in [9.17, 15) is 34.1 Å². The molecule has 0 aromatic rings. The number of aliphatic hydroxyl groups excluding tert-OH is 1. The Labute approximate surface area is 397 Å². The van der Waals surface area contributed by atoms with Crippen LogP contribution in [0.3, 0.4) is 0 Å². The van der Waals surface area contributed by atoms with Crippen molar-refractivity contribution in [3.63, 3.8) is 0 Å². The summed E-state index contributed by atoms with van der Waals surface area (Å²) < 4.78 is 27.0. The van der Waals surface area contributed by atoms with Crippen LogP contribution < -0.4 is 5.32 Å². The SMILES string of the molecule is CCCCC/C=C\C/C=C\C/C=C\CCCCCCCCC(=O)NC(COP(=O)(O)OCC(O)COC(=O)CCCCCCCCCCCCCCCCCCCCCCCC)C(=O)O. The van der Waals surface area contributed by atoms with Crippen molar-refractivity contribution in [1.29, 1.82) is 0 Å². The van der Waals surface area contributed by atoms with Gasteiger partial charge in [-0.25, -0.2) is 9.36 Å². The first kappa shape index (κ1) is 62.7. The van der Waals surface area contributed by atoms with Gasteiger partial charge in [0.2, 0.25) is 5.91 Å². The summed E-state index contributed by atoms with van der Waals surface area (Å²) in [6.45, 7) is 2.60. The van der Waals surface area contributed by atoms with Crippen LogP contribution in [0.4, 0.5) is 0 Å². The third-order valence-electron chi connectivity index (χ3n) is 11.7. The van der Waals surface area contributed by atoms with Gasteiger partial charge >= 0.3 is 19.8 Å². The predicted octanol–water partition coefficient (Wildman–Crippen LogP) is 14.7. The van der Waals surface area contributed by atoms with Gasteiger partial charge in [0.15, 0.2) is 6.04 Å². The number of carboxylic acid groups (broad SMARTS) is 1. The topological polar surface area (TPSA) is 169 Å². The summed E-state index contributed by atoms with van der Waals surface area (Å²) in [6, 6.07) is -1.55. The molecule has 0 heterocycles. The average molecular weight is 940 g/mol. The molecular weight excluding hydrogens is 842 g/mol. The molecule has 1 amide bonds. The van der Waals surface area contributed by atoms with Gasteiger partial charge < -0.3 is 25.2 Å². The molecule has 65 heavy (non-hydrogen) atoms. The van der Waals surface area contributed by atoms with Crippen molar-refractivity contribution >= 4 is 25.7 Å². The van der Waals surface area contributed by atoms with E-state index in [0.717, 1.165) is 70.6 Å². The van der Waals surface area contributed by atoms with Crippen LogP contribution in [0.1, 0.15) is 251 Å². The number of esters is 1. The van der Waals surface area contributed by atoms with Crippen molar-refractivity contribution in [1.82, 2.24) is 5.32 Å². The maximum absolute atomic E-state index is 12.4. The van der Waals surface area contributed by atoms with E-state index in [0.29, 0.717) is 12.8 Å². The number of hydrogen-bond acceptors (Lipinski definition) is 8. The van der Waals surface area contributed by atoms with E-state index in [1.807, 2.05) is 0 Å². The first-order valence-electron chi connectivity index (χ1n) is 26.5. The third-order valence-corrected chi connectivity index (χ3v) is 12.6. The van der Waals surface area contributed by atoms with Crippen LogP contribution >= 0.6 is 7.82 Å². The number of amides is 1. The Balaban J connectivity index is 3.80. The van der Waals surface area contributed by atoms with Crippen molar-refractivity contribution in [2.45, 2.75) is 264 Å². The van der Waals surface area contributed by atoms with Crippen LogP contribution in [0.25, 0.3) is 0 Å². The molecule has 12 heteroatoms. The summed E-state index contributed by atoms with van der Waals surface area (Å²) in [6.07, 6.45) is 54.5. The summed E-state index contributed by atoms with van der Waals surface area (Å²) in [5.74, 6) is -2.38. The Morgan fingerprint density at radius 2 is 0.846 bits per heavy atom. The molecule has 3 atom stereocenters. The van der Waals surface area contributed by atoms with Crippen LogP contribution in [-0.4, -0.2) is 64.9 Å². The number of allylic oxidation sites excluding steroid dienone is 6. The molecule has 3 unspecified atom stereocenters. The van der Waals surface area contributed by atoms with Crippen molar-refractivity contribution in [2.75, 3.05) is 19.8 Å². The zero-order chi connectivity index (χ0) is 47.7. The van der Waals surface area contributed by atoms with E-state index >= 15 is 0 Å². The molecular formula is C53H98NO10P. The minimum Gasteiger partial charge on any atom is -0.480 e. The van der Waals surface area contributed by atoms with E-state index in [-0.39, 0.29) is 12.8 Å². The van der Waals surface area contributed by atoms with E-state index < -0.39 is 57.6 Å². The molecule has 0 fully saturated rings. The number of carbonyl (C=O) groups excluding carboxylic acids is 2. The van der Waals surface area contributed by atoms with Gasteiger partial charge in [0.1, 0.15) is 12.7 Å². The summed E-state index contributed by atoms with van der Waals surface area (Å²) in [7, 11) is -4.77. The van der Waals surface area contributed by atoms with Gasteiger partial charge in [-0.3, -0.25) is 18.6 Å². The second-order valence-corrected chi connectivity index (χ2v) is 19.5. The van der Waals surface area contributed by atoms with Gasteiger partial charge in [-0.15, -0.1) is 0 Å². The van der Waals surface area contributed by atoms with Crippen molar-refractivity contribution < 1.29 is 47.8 Å². The molecule has 0 aliphatic carbocycles. The highest BCUT2D eigenvalue weighted by Crippen LogP contribution is 2.43. The summed E-state index contributed by atoms with van der Waals surface area (Å²) >= 11 is 0. The average Bonchev–Trinajstić information content (AvgIpc) is 3.28. The standard InChI is InChI=1S/C53H98NO10P/c1-3-5-7-9-11-13-15-17-19-21-23-24-25-27-29-31-33-35-37-39-41-43-45-52(57)62-46-49(55)47-63-65(60,61)64-48-50(53(58)59)54-51(56)44-42-40-38-36-34-32-30-28-26-22-20-18-16-14-12-10-8-6-4-2/h12,14,18,20,26,28,49-50,55H,3-11,13,15-17,19,21-25,27,29-48H2,1-2H3,(H,54,56)(H,58,59)(H,60,61)/b14-12-,20-18-,28-26-. The largest absolute Gasteiger partial charge is 0.480 e. The van der Waals surface area contributed by atoms with Gasteiger partial charge in [0.25, 0.3) is 0 Å². The molecule has 380 valence electrons. The molecule has 0 aliphatic heterocycles. The molecule has 0 spiro atoms. The molecule has 0 radical (unpaired) electrons. The monoisotopic (exact) mass is 940 g/mol. The Morgan fingerprint density at radius 3 is 1.29 bits per heavy atom. The fourth-order valence-corrected chi connectivity index (χ4v) is 8.33. The maximum atomic E-state index is 12.4. The molecule has 0 aromatic carbocycles. The fourth-order valence-electron chi connectivity index (χ4n) is 7.56. The number of hydrogen-bond donors (Lipinski definition) is 4. The highest BCUT2D eigenvalue weighted by atomic mass is 31.2. The van der Waals surface area contributed by atoms with Crippen LogP contribution in [0.15, 0.2) is 36.5 Å². The molecule has 0 saturated carbocycles. The van der Waals surface area contributed by atoms with Crippen molar-refractivity contribution in [2.24, 2.45) is 0 Å². The predicted molar refractivity (Wildman–Crippen MR) is 268 cm³/mol. The van der Waals surface area contributed by atoms with Gasteiger partial charge in [-0.05, 0) is 51.4 Å². The maximum Gasteiger partial charge on any atom is 0.472 e. The summed E-state index contributed by atoms with van der Waals surface area (Å²) in [5, 5.41) is 21.9. The van der Waals surface area contributed by atoms with E-state index in [1.54, 1.807) is 0 Å². The van der Waals surface area contributed by atoms with Gasteiger partial charge in [0, 0.05) is 12.8 Å². The molecule has 11 nitrogen and oxygen atoms in total. The second-order valence-electron chi connectivity index (χ2n) is 18.1. The Kier molecular flexibility index (Phi) is 46.5. The van der Waals surface area contributed by atoms with Crippen molar-refractivity contribution in [3.8, 4) is 0 Å². The van der Waals surface area contributed by atoms with Crippen LogP contribution in [0.5, 0.6) is 0 Å². The zero-order valence-electron chi connectivity index (χ0n) is 41.5. The van der Waals surface area contributed by atoms with Gasteiger partial charge in [0.05, 0.1) is 13.2 Å². The molecule has 0 aliphatic rings. The Morgan fingerprint density at radius 1 is 0.492 bits per heavy atom. The number of carboxylic acids is 1. The number of nitrogens with one attached hydrogen (secondary N) is 1. The van der Waals surface area contributed by atoms with E-state index in [4.69, 9.17) is 13.8 Å². The molecule has 0 saturated heterocycles. The third kappa shape index (κ3) is 48.0. The molecule has 0 rings (SSSR count). The highest BCUT2D eigenvalue weighted by molar-refractivity contribution is 7.47. The van der Waals surface area contributed by atoms with Crippen LogP contribution in [0.2, 0.25) is 0 Å². The van der Waals surface area contributed by atoms with E-state index in [2.05, 4.69) is 55.6 Å². The number of phosphoric ester groups is 1. The summed E-state index contributed by atoms with van der Waals surface area (Å²) in [5.41, 5.74) is 0. The smallest absolute Gasteiger partial charge is 0.472 e.